The maximum absolute atomic E-state index is 10.8. The first-order chi connectivity index (χ1) is 7.65. The number of nitrogens with zero attached hydrogens (tertiary/aromatic N) is 2. The lowest BCUT2D eigenvalue weighted by atomic mass is 10.2. The van der Waals surface area contributed by atoms with Gasteiger partial charge in [-0.05, 0) is 18.9 Å². The Morgan fingerprint density at radius 1 is 1.62 bits per heavy atom. The van der Waals surface area contributed by atoms with E-state index in [1.165, 1.54) is 12.3 Å². The standard InChI is InChI=1S/C10H15N3O3/c1-2-7(14)3-5-11-9-8(10(15)16)4-6-12-13-9/h4,6-7,14H,2-3,5H2,1H3,(H,11,13)(H,15,16). The summed E-state index contributed by atoms with van der Waals surface area (Å²) in [6.07, 6.45) is 2.17. The highest BCUT2D eigenvalue weighted by molar-refractivity contribution is 5.92. The van der Waals surface area contributed by atoms with E-state index in [-0.39, 0.29) is 17.5 Å². The van der Waals surface area contributed by atoms with Crippen LogP contribution in [0.4, 0.5) is 5.82 Å². The number of nitrogens with one attached hydrogen (secondary N) is 1. The van der Waals surface area contributed by atoms with Crippen molar-refractivity contribution >= 4 is 11.8 Å². The average molecular weight is 225 g/mol. The third-order valence-electron chi connectivity index (χ3n) is 2.19. The highest BCUT2D eigenvalue weighted by Crippen LogP contribution is 2.10. The van der Waals surface area contributed by atoms with Gasteiger partial charge in [-0.15, -0.1) is 5.10 Å². The van der Waals surface area contributed by atoms with Crippen molar-refractivity contribution in [1.29, 1.82) is 0 Å². The second-order valence-corrected chi connectivity index (χ2v) is 3.38. The fraction of sp³-hybridized carbons (Fsp3) is 0.500. The zero-order valence-corrected chi connectivity index (χ0v) is 9.05. The predicted octanol–water partition coefficient (Wildman–Crippen LogP) is 0.748. The Balaban J connectivity index is 2.56. The van der Waals surface area contributed by atoms with Crippen LogP contribution >= 0.6 is 0 Å². The third-order valence-corrected chi connectivity index (χ3v) is 2.19. The van der Waals surface area contributed by atoms with Gasteiger partial charge in [-0.2, -0.15) is 5.10 Å². The Morgan fingerprint density at radius 3 is 3.00 bits per heavy atom. The summed E-state index contributed by atoms with van der Waals surface area (Å²) in [5.74, 6) is -0.813. The van der Waals surface area contributed by atoms with Gasteiger partial charge in [-0.1, -0.05) is 6.92 Å². The van der Waals surface area contributed by atoms with E-state index in [1.54, 1.807) is 0 Å². The van der Waals surface area contributed by atoms with Crippen LogP contribution in [0.5, 0.6) is 0 Å². The number of carboxylic acids is 1. The molecular weight excluding hydrogens is 210 g/mol. The minimum absolute atomic E-state index is 0.0842. The summed E-state index contributed by atoms with van der Waals surface area (Å²) in [5, 5.41) is 28.3. The molecule has 0 bridgehead atoms. The smallest absolute Gasteiger partial charge is 0.339 e. The molecule has 0 aliphatic heterocycles. The first-order valence-electron chi connectivity index (χ1n) is 5.12. The molecule has 1 aromatic rings. The number of carboxylic acid groups (broad SMARTS) is 1. The monoisotopic (exact) mass is 225 g/mol. The lowest BCUT2D eigenvalue weighted by Crippen LogP contribution is -2.15. The van der Waals surface area contributed by atoms with Crippen molar-refractivity contribution in [3.8, 4) is 0 Å². The van der Waals surface area contributed by atoms with Crippen LogP contribution < -0.4 is 5.32 Å². The summed E-state index contributed by atoms with van der Waals surface area (Å²) in [7, 11) is 0. The van der Waals surface area contributed by atoms with Crippen LogP contribution in [-0.4, -0.2) is 39.0 Å². The normalized spacial score (nSPS) is 12.1. The summed E-state index contributed by atoms with van der Waals surface area (Å²) in [4.78, 5) is 10.8. The van der Waals surface area contributed by atoms with Crippen LogP contribution in [0, 0.1) is 0 Å². The number of aliphatic hydroxyl groups excluding tert-OH is 1. The topological polar surface area (TPSA) is 95.3 Å². The Labute approximate surface area is 93.3 Å². The second-order valence-electron chi connectivity index (χ2n) is 3.38. The Hall–Kier alpha value is -1.69. The average Bonchev–Trinajstić information content (AvgIpc) is 2.29. The molecule has 16 heavy (non-hydrogen) atoms. The zero-order valence-electron chi connectivity index (χ0n) is 9.05. The highest BCUT2D eigenvalue weighted by atomic mass is 16.4. The van der Waals surface area contributed by atoms with Gasteiger partial charge in [0.25, 0.3) is 0 Å². The van der Waals surface area contributed by atoms with Crippen LogP contribution in [0.3, 0.4) is 0 Å². The number of aromatic nitrogens is 2. The molecule has 1 atom stereocenters. The molecule has 6 nitrogen and oxygen atoms in total. The predicted molar refractivity (Wildman–Crippen MR) is 58.4 cm³/mol. The van der Waals surface area contributed by atoms with Gasteiger partial charge in [-0.3, -0.25) is 0 Å². The minimum atomic E-state index is -1.05. The Bertz CT molecular complexity index is 357. The first kappa shape index (κ1) is 12.4. The lowest BCUT2D eigenvalue weighted by Gasteiger charge is -2.09. The van der Waals surface area contributed by atoms with Crippen molar-refractivity contribution in [2.75, 3.05) is 11.9 Å². The van der Waals surface area contributed by atoms with E-state index in [4.69, 9.17) is 5.11 Å². The molecule has 1 unspecified atom stereocenters. The first-order valence-corrected chi connectivity index (χ1v) is 5.12. The molecule has 0 spiro atoms. The largest absolute Gasteiger partial charge is 0.478 e. The number of carbonyl (C=O) groups is 1. The Morgan fingerprint density at radius 2 is 2.38 bits per heavy atom. The van der Waals surface area contributed by atoms with Crippen LogP contribution in [-0.2, 0) is 0 Å². The minimum Gasteiger partial charge on any atom is -0.478 e. The van der Waals surface area contributed by atoms with E-state index in [0.29, 0.717) is 19.4 Å². The van der Waals surface area contributed by atoms with Crippen molar-refractivity contribution < 1.29 is 15.0 Å². The van der Waals surface area contributed by atoms with Gasteiger partial charge in [0.2, 0.25) is 0 Å². The SMILES string of the molecule is CCC(O)CCNc1nnccc1C(=O)O. The number of hydrogen-bond acceptors (Lipinski definition) is 5. The second kappa shape index (κ2) is 6.02. The molecule has 0 saturated heterocycles. The molecule has 1 heterocycles. The van der Waals surface area contributed by atoms with E-state index in [2.05, 4.69) is 15.5 Å². The summed E-state index contributed by atoms with van der Waals surface area (Å²) >= 11 is 0. The number of aromatic carboxylic acids is 1. The molecule has 0 radical (unpaired) electrons. The van der Waals surface area contributed by atoms with Crippen LogP contribution in [0.1, 0.15) is 30.1 Å². The molecule has 88 valence electrons. The maximum Gasteiger partial charge on any atom is 0.339 e. The van der Waals surface area contributed by atoms with Crippen molar-refractivity contribution in [2.45, 2.75) is 25.9 Å². The van der Waals surface area contributed by atoms with Gasteiger partial charge in [0.1, 0.15) is 5.56 Å². The summed E-state index contributed by atoms with van der Waals surface area (Å²) < 4.78 is 0. The molecule has 0 fully saturated rings. The lowest BCUT2D eigenvalue weighted by molar-refractivity contribution is 0.0697. The maximum atomic E-state index is 10.8. The molecule has 1 aromatic heterocycles. The number of rotatable bonds is 6. The van der Waals surface area contributed by atoms with Crippen molar-refractivity contribution in [2.24, 2.45) is 0 Å². The molecule has 1 rings (SSSR count). The van der Waals surface area contributed by atoms with Crippen LogP contribution in [0.15, 0.2) is 12.3 Å². The summed E-state index contributed by atoms with van der Waals surface area (Å²) in [6.45, 7) is 2.35. The van der Waals surface area contributed by atoms with E-state index in [9.17, 15) is 9.90 Å². The van der Waals surface area contributed by atoms with E-state index >= 15 is 0 Å². The van der Waals surface area contributed by atoms with E-state index in [0.717, 1.165) is 0 Å². The van der Waals surface area contributed by atoms with Crippen LogP contribution in [0.25, 0.3) is 0 Å². The highest BCUT2D eigenvalue weighted by Gasteiger charge is 2.11. The molecule has 0 aliphatic carbocycles. The third kappa shape index (κ3) is 3.47. The molecule has 0 saturated carbocycles. The van der Waals surface area contributed by atoms with Gasteiger partial charge >= 0.3 is 5.97 Å². The molecular formula is C10H15N3O3. The fourth-order valence-corrected chi connectivity index (χ4v) is 1.20. The quantitative estimate of drug-likeness (QED) is 0.661. The van der Waals surface area contributed by atoms with Crippen molar-refractivity contribution in [3.63, 3.8) is 0 Å². The van der Waals surface area contributed by atoms with Crippen molar-refractivity contribution in [3.05, 3.63) is 17.8 Å². The number of hydrogen-bond donors (Lipinski definition) is 3. The van der Waals surface area contributed by atoms with Crippen LogP contribution in [0.2, 0.25) is 0 Å². The molecule has 6 heteroatoms. The molecule has 3 N–H and O–H groups in total. The molecule has 0 aliphatic rings. The summed E-state index contributed by atoms with van der Waals surface area (Å²) in [5.41, 5.74) is 0.0842. The van der Waals surface area contributed by atoms with Gasteiger partial charge < -0.3 is 15.5 Å². The van der Waals surface area contributed by atoms with Gasteiger partial charge in [0, 0.05) is 6.54 Å². The number of anilines is 1. The molecule has 0 aromatic carbocycles. The van der Waals surface area contributed by atoms with Gasteiger partial charge in [0.05, 0.1) is 12.3 Å². The summed E-state index contributed by atoms with van der Waals surface area (Å²) in [6, 6.07) is 1.38. The zero-order chi connectivity index (χ0) is 12.0. The van der Waals surface area contributed by atoms with E-state index in [1.807, 2.05) is 6.92 Å². The van der Waals surface area contributed by atoms with Gasteiger partial charge in [-0.25, -0.2) is 4.79 Å². The molecule has 0 amide bonds. The van der Waals surface area contributed by atoms with Crippen molar-refractivity contribution in [1.82, 2.24) is 10.2 Å². The Kier molecular flexibility index (Phi) is 4.65. The fourth-order valence-electron chi connectivity index (χ4n) is 1.20. The van der Waals surface area contributed by atoms with E-state index < -0.39 is 5.97 Å². The number of aliphatic hydroxyl groups is 1. The van der Waals surface area contributed by atoms with Gasteiger partial charge in [0.15, 0.2) is 5.82 Å².